The maximum Gasteiger partial charge on any atom is 0.0650 e. The third-order valence-electron chi connectivity index (χ3n) is 1.27. The molecule has 0 bridgehead atoms. The Morgan fingerprint density at radius 2 is 2.00 bits per heavy atom. The Morgan fingerprint density at radius 1 is 1.40 bits per heavy atom. The highest BCUT2D eigenvalue weighted by Gasteiger charge is 2.03. The number of terminal acetylenes is 1. The molecule has 0 amide bonds. The van der Waals surface area contributed by atoms with Crippen molar-refractivity contribution in [3.05, 3.63) is 0 Å². The summed E-state index contributed by atoms with van der Waals surface area (Å²) < 4.78 is 0. The van der Waals surface area contributed by atoms with Gasteiger partial charge in [-0.15, -0.1) is 12.3 Å². The Morgan fingerprint density at radius 3 is 2.40 bits per heavy atom. The molecule has 0 rings (SSSR count). The van der Waals surface area contributed by atoms with Crippen LogP contribution in [0.15, 0.2) is 0 Å². The predicted octanol–water partition coefficient (Wildman–Crippen LogP) is 0.532. The highest BCUT2D eigenvalue weighted by molar-refractivity contribution is 4.86. The molecular formula is C8H14O2. The lowest BCUT2D eigenvalue weighted by Gasteiger charge is -2.07. The van der Waals surface area contributed by atoms with E-state index in [0.717, 1.165) is 0 Å². The zero-order chi connectivity index (χ0) is 7.98. The molecule has 0 fully saturated rings. The van der Waals surface area contributed by atoms with E-state index in [2.05, 4.69) is 5.92 Å². The van der Waals surface area contributed by atoms with Crippen LogP contribution >= 0.6 is 0 Å². The van der Waals surface area contributed by atoms with E-state index in [0.29, 0.717) is 19.3 Å². The standard InChI is InChI=1S/C8H14O2/c1-3-4-8(10)6-5-7(2)9/h1,7-10H,4-6H2,2H3. The first-order chi connectivity index (χ1) is 4.66. The second-order valence-electron chi connectivity index (χ2n) is 2.49. The largest absolute Gasteiger partial charge is 0.393 e. The van der Waals surface area contributed by atoms with Crippen LogP contribution in [-0.4, -0.2) is 22.4 Å². The van der Waals surface area contributed by atoms with Gasteiger partial charge in [-0.25, -0.2) is 0 Å². The van der Waals surface area contributed by atoms with E-state index in [9.17, 15) is 0 Å². The van der Waals surface area contributed by atoms with E-state index >= 15 is 0 Å². The zero-order valence-corrected chi connectivity index (χ0v) is 6.25. The van der Waals surface area contributed by atoms with E-state index in [1.807, 2.05) is 0 Å². The third-order valence-corrected chi connectivity index (χ3v) is 1.27. The number of hydrogen-bond acceptors (Lipinski definition) is 2. The van der Waals surface area contributed by atoms with Gasteiger partial charge in [0.2, 0.25) is 0 Å². The number of rotatable bonds is 4. The van der Waals surface area contributed by atoms with Gasteiger partial charge >= 0.3 is 0 Å². The van der Waals surface area contributed by atoms with E-state index in [-0.39, 0.29) is 6.10 Å². The van der Waals surface area contributed by atoms with Crippen LogP contribution in [0.5, 0.6) is 0 Å². The first kappa shape index (κ1) is 9.48. The van der Waals surface area contributed by atoms with Gasteiger partial charge < -0.3 is 10.2 Å². The van der Waals surface area contributed by atoms with Gasteiger partial charge in [0.15, 0.2) is 0 Å². The van der Waals surface area contributed by atoms with Crippen molar-refractivity contribution in [3.8, 4) is 12.3 Å². The van der Waals surface area contributed by atoms with Crippen molar-refractivity contribution in [2.24, 2.45) is 0 Å². The van der Waals surface area contributed by atoms with Crippen molar-refractivity contribution in [3.63, 3.8) is 0 Å². The first-order valence-corrected chi connectivity index (χ1v) is 3.46. The molecule has 0 aromatic carbocycles. The molecule has 0 aliphatic carbocycles. The molecule has 2 heteroatoms. The Bertz CT molecular complexity index is 113. The molecule has 0 aromatic rings. The maximum absolute atomic E-state index is 9.04. The van der Waals surface area contributed by atoms with Gasteiger partial charge in [0, 0.05) is 6.42 Å². The van der Waals surface area contributed by atoms with Crippen molar-refractivity contribution >= 4 is 0 Å². The van der Waals surface area contributed by atoms with Crippen LogP contribution in [0.3, 0.4) is 0 Å². The zero-order valence-electron chi connectivity index (χ0n) is 6.25. The minimum Gasteiger partial charge on any atom is -0.393 e. The maximum atomic E-state index is 9.04. The first-order valence-electron chi connectivity index (χ1n) is 3.46. The monoisotopic (exact) mass is 142 g/mol. The van der Waals surface area contributed by atoms with Crippen molar-refractivity contribution in [2.45, 2.75) is 38.4 Å². The summed E-state index contributed by atoms with van der Waals surface area (Å²) in [4.78, 5) is 0. The summed E-state index contributed by atoms with van der Waals surface area (Å²) in [6.45, 7) is 1.70. The lowest BCUT2D eigenvalue weighted by atomic mass is 10.1. The molecule has 0 saturated heterocycles. The van der Waals surface area contributed by atoms with Gasteiger partial charge in [-0.3, -0.25) is 0 Å². The molecule has 58 valence electrons. The molecule has 2 nitrogen and oxygen atoms in total. The Hall–Kier alpha value is -0.520. The van der Waals surface area contributed by atoms with Crippen molar-refractivity contribution in [1.29, 1.82) is 0 Å². The molecule has 0 radical (unpaired) electrons. The van der Waals surface area contributed by atoms with Crippen molar-refractivity contribution in [2.75, 3.05) is 0 Å². The van der Waals surface area contributed by atoms with Crippen LogP contribution in [0.1, 0.15) is 26.2 Å². The third kappa shape index (κ3) is 5.61. The predicted molar refractivity (Wildman–Crippen MR) is 40.4 cm³/mol. The molecule has 2 unspecified atom stereocenters. The van der Waals surface area contributed by atoms with Crippen LogP contribution in [0.2, 0.25) is 0 Å². The molecule has 0 aliphatic heterocycles. The average Bonchev–Trinajstić information content (AvgIpc) is 1.85. The molecule has 2 atom stereocenters. The van der Waals surface area contributed by atoms with Gasteiger partial charge in [-0.2, -0.15) is 0 Å². The fourth-order valence-corrected chi connectivity index (χ4v) is 0.672. The highest BCUT2D eigenvalue weighted by atomic mass is 16.3. The second kappa shape index (κ2) is 5.28. The molecule has 0 saturated carbocycles. The molecule has 0 aliphatic rings. The van der Waals surface area contributed by atoms with Crippen LogP contribution in [0, 0.1) is 12.3 Å². The molecule has 0 aromatic heterocycles. The number of aliphatic hydroxyl groups excluding tert-OH is 2. The van der Waals surface area contributed by atoms with Crippen LogP contribution < -0.4 is 0 Å². The molecule has 0 heterocycles. The van der Waals surface area contributed by atoms with Gasteiger partial charge in [0.05, 0.1) is 12.2 Å². The summed E-state index contributed by atoms with van der Waals surface area (Å²) in [6, 6.07) is 0. The highest BCUT2D eigenvalue weighted by Crippen LogP contribution is 2.03. The number of hydrogen-bond donors (Lipinski definition) is 2. The number of aliphatic hydroxyl groups is 2. The van der Waals surface area contributed by atoms with Gasteiger partial charge in [0.25, 0.3) is 0 Å². The summed E-state index contributed by atoms with van der Waals surface area (Å²) in [5.41, 5.74) is 0. The van der Waals surface area contributed by atoms with E-state index in [1.165, 1.54) is 0 Å². The molecular weight excluding hydrogens is 128 g/mol. The minimum absolute atomic E-state index is 0.340. The lowest BCUT2D eigenvalue weighted by Crippen LogP contribution is -2.09. The fraction of sp³-hybridized carbons (Fsp3) is 0.750. The van der Waals surface area contributed by atoms with Crippen LogP contribution in [-0.2, 0) is 0 Å². The fourth-order valence-electron chi connectivity index (χ4n) is 0.672. The van der Waals surface area contributed by atoms with Gasteiger partial charge in [-0.05, 0) is 19.8 Å². The summed E-state index contributed by atoms with van der Waals surface area (Å²) in [7, 11) is 0. The normalized spacial score (nSPS) is 15.8. The average molecular weight is 142 g/mol. The second-order valence-corrected chi connectivity index (χ2v) is 2.49. The van der Waals surface area contributed by atoms with Crippen LogP contribution in [0.4, 0.5) is 0 Å². The van der Waals surface area contributed by atoms with E-state index < -0.39 is 6.10 Å². The van der Waals surface area contributed by atoms with Crippen molar-refractivity contribution < 1.29 is 10.2 Å². The quantitative estimate of drug-likeness (QED) is 0.562. The van der Waals surface area contributed by atoms with E-state index in [4.69, 9.17) is 16.6 Å². The molecule has 0 spiro atoms. The summed E-state index contributed by atoms with van der Waals surface area (Å²) in [5, 5.41) is 17.9. The van der Waals surface area contributed by atoms with Crippen LogP contribution in [0.25, 0.3) is 0 Å². The molecule has 2 N–H and O–H groups in total. The summed E-state index contributed by atoms with van der Waals surface area (Å²) in [6.07, 6.45) is 5.76. The minimum atomic E-state index is -0.445. The summed E-state index contributed by atoms with van der Waals surface area (Å²) in [5.74, 6) is 2.36. The Labute approximate surface area is 61.9 Å². The van der Waals surface area contributed by atoms with Crippen molar-refractivity contribution in [1.82, 2.24) is 0 Å². The van der Waals surface area contributed by atoms with Gasteiger partial charge in [-0.1, -0.05) is 0 Å². The Kier molecular flexibility index (Phi) is 5.00. The summed E-state index contributed by atoms with van der Waals surface area (Å²) >= 11 is 0. The van der Waals surface area contributed by atoms with E-state index in [1.54, 1.807) is 6.92 Å². The topological polar surface area (TPSA) is 40.5 Å². The molecule has 10 heavy (non-hydrogen) atoms. The SMILES string of the molecule is C#CCC(O)CCC(C)O. The van der Waals surface area contributed by atoms with Gasteiger partial charge in [0.1, 0.15) is 0 Å². The Balaban J connectivity index is 3.23. The smallest absolute Gasteiger partial charge is 0.0650 e. The lowest BCUT2D eigenvalue weighted by molar-refractivity contribution is 0.126.